The number of benzene rings is 5. The van der Waals surface area contributed by atoms with Gasteiger partial charge in [-0.15, -0.1) is 0 Å². The van der Waals surface area contributed by atoms with Gasteiger partial charge in [0.2, 0.25) is 0 Å². The molecule has 0 aliphatic carbocycles. The van der Waals surface area contributed by atoms with E-state index >= 15 is 0 Å². The maximum Gasteiger partial charge on any atom is 0.309 e. The Morgan fingerprint density at radius 3 is 1.88 bits per heavy atom. The zero-order valence-corrected chi connectivity index (χ0v) is 22.2. The van der Waals surface area contributed by atoms with E-state index in [9.17, 15) is 4.57 Å². The van der Waals surface area contributed by atoms with Crippen molar-refractivity contribution in [3.05, 3.63) is 133 Å². The maximum absolute atomic E-state index is 14.9. The maximum atomic E-state index is 14.9. The van der Waals surface area contributed by atoms with Gasteiger partial charge in [-0.1, -0.05) is 115 Å². The number of aromatic nitrogens is 3. The van der Waals surface area contributed by atoms with E-state index in [-0.39, 0.29) is 0 Å². The van der Waals surface area contributed by atoms with Crippen molar-refractivity contribution >= 4 is 61.9 Å². The Morgan fingerprint density at radius 1 is 0.600 bits per heavy atom. The van der Waals surface area contributed by atoms with Crippen molar-refractivity contribution in [3.8, 4) is 11.3 Å². The molecular weight excluding hydrogens is 513 g/mol. The fraction of sp³-hybridized carbons (Fsp3) is 0. The molecule has 0 aliphatic heterocycles. The largest absolute Gasteiger partial charge is 0.423 e. The highest BCUT2D eigenvalue weighted by atomic mass is 31.2. The van der Waals surface area contributed by atoms with E-state index in [2.05, 4.69) is 24.3 Å². The number of nitrogens with zero attached hydrogens (tertiary/aromatic N) is 3. The third-order valence-electron chi connectivity index (χ3n) is 7.51. The van der Waals surface area contributed by atoms with Crippen molar-refractivity contribution in [1.29, 1.82) is 0 Å². The Labute approximate surface area is 229 Å². The summed E-state index contributed by atoms with van der Waals surface area (Å²) in [7, 11) is -3.14. The summed E-state index contributed by atoms with van der Waals surface area (Å²) in [5.74, 6) is 0.458. The Bertz CT molecular complexity index is 2190. The lowest BCUT2D eigenvalue weighted by Crippen LogP contribution is -2.24. The monoisotopic (exact) mass is 535 g/mol. The van der Waals surface area contributed by atoms with Gasteiger partial charge in [-0.25, -0.2) is 9.38 Å². The first-order chi connectivity index (χ1) is 19.7. The molecule has 0 bridgehead atoms. The molecule has 3 aromatic heterocycles. The Kier molecular flexibility index (Phi) is 5.03. The van der Waals surface area contributed by atoms with E-state index < -0.39 is 7.14 Å². The van der Waals surface area contributed by atoms with Crippen LogP contribution in [0.5, 0.6) is 0 Å². The lowest BCUT2D eigenvalue weighted by atomic mass is 10.0. The topological polar surface area (TPSA) is 60.4 Å². The normalized spacial score (nSPS) is 12.1. The van der Waals surface area contributed by atoms with Crippen molar-refractivity contribution in [3.63, 3.8) is 0 Å². The number of oxazole rings is 1. The fourth-order valence-electron chi connectivity index (χ4n) is 5.63. The van der Waals surface area contributed by atoms with Crippen LogP contribution in [0.1, 0.15) is 0 Å². The van der Waals surface area contributed by atoms with Crippen molar-refractivity contribution in [2.75, 3.05) is 0 Å². The lowest BCUT2D eigenvalue weighted by molar-refractivity contribution is 0.592. The molecule has 8 aromatic rings. The minimum Gasteiger partial charge on any atom is -0.423 e. The Morgan fingerprint density at radius 2 is 1.20 bits per heavy atom. The molecular formula is C34H22N3O2P. The van der Waals surface area contributed by atoms with Crippen molar-refractivity contribution in [2.45, 2.75) is 0 Å². The predicted molar refractivity (Wildman–Crippen MR) is 163 cm³/mol. The Hall–Kier alpha value is -4.99. The number of pyridine rings is 1. The van der Waals surface area contributed by atoms with Crippen LogP contribution >= 0.6 is 7.14 Å². The minimum atomic E-state index is -3.14. The van der Waals surface area contributed by atoms with E-state index in [0.29, 0.717) is 16.7 Å². The molecule has 6 heteroatoms. The van der Waals surface area contributed by atoms with E-state index in [0.717, 1.165) is 49.3 Å². The summed E-state index contributed by atoms with van der Waals surface area (Å²) >= 11 is 0. The Balaban J connectivity index is 1.40. The van der Waals surface area contributed by atoms with Gasteiger partial charge in [0.05, 0.1) is 11.2 Å². The number of rotatable bonds is 4. The van der Waals surface area contributed by atoms with Gasteiger partial charge in [-0.05, 0) is 18.2 Å². The highest BCUT2D eigenvalue weighted by Gasteiger charge is 2.30. The molecule has 0 spiro atoms. The second kappa shape index (κ2) is 8.77. The van der Waals surface area contributed by atoms with E-state index in [1.165, 1.54) is 0 Å². The van der Waals surface area contributed by atoms with Gasteiger partial charge in [0.15, 0.2) is 18.4 Å². The molecule has 8 rings (SSSR count). The van der Waals surface area contributed by atoms with E-state index in [1.54, 1.807) is 0 Å². The zero-order valence-electron chi connectivity index (χ0n) is 21.3. The van der Waals surface area contributed by atoms with Gasteiger partial charge in [0.1, 0.15) is 5.52 Å². The molecule has 0 saturated heterocycles. The van der Waals surface area contributed by atoms with Crippen LogP contribution in [0.25, 0.3) is 50.1 Å². The summed E-state index contributed by atoms with van der Waals surface area (Å²) in [4.78, 5) is 10.0. The quantitative estimate of drug-likeness (QED) is 0.226. The van der Waals surface area contributed by atoms with Crippen LogP contribution in [0.4, 0.5) is 0 Å². The molecule has 3 heterocycles. The number of hydrogen-bond donors (Lipinski definition) is 0. The van der Waals surface area contributed by atoms with E-state index in [4.69, 9.17) is 14.4 Å². The summed E-state index contributed by atoms with van der Waals surface area (Å²) < 4.78 is 23.2. The fourth-order valence-corrected chi connectivity index (χ4v) is 8.29. The first-order valence-corrected chi connectivity index (χ1v) is 14.8. The average molecular weight is 536 g/mol. The van der Waals surface area contributed by atoms with Gasteiger partial charge >= 0.3 is 5.84 Å². The first kappa shape index (κ1) is 22.9. The predicted octanol–water partition coefficient (Wildman–Crippen LogP) is 7.09. The van der Waals surface area contributed by atoms with Crippen LogP contribution in [0, 0.1) is 0 Å². The summed E-state index contributed by atoms with van der Waals surface area (Å²) in [6.07, 6.45) is 0. The van der Waals surface area contributed by atoms with Crippen LogP contribution < -0.4 is 15.9 Å². The molecule has 0 saturated carbocycles. The van der Waals surface area contributed by atoms with Gasteiger partial charge < -0.3 is 8.98 Å². The van der Waals surface area contributed by atoms with Gasteiger partial charge in [-0.2, -0.15) is 4.98 Å². The number of fused-ring (bicyclic) bond motifs is 7. The highest BCUT2D eigenvalue weighted by molar-refractivity contribution is 7.85. The molecule has 5 nitrogen and oxygen atoms in total. The number of hydrogen-bond acceptors (Lipinski definition) is 4. The minimum absolute atomic E-state index is 0.458. The molecule has 0 aliphatic rings. The summed E-state index contributed by atoms with van der Waals surface area (Å²) in [5, 5.41) is 4.33. The molecule has 5 aromatic carbocycles. The van der Waals surface area contributed by atoms with Crippen LogP contribution in [0.3, 0.4) is 0 Å². The summed E-state index contributed by atoms with van der Waals surface area (Å²) in [6.45, 7) is 0. The smallest absolute Gasteiger partial charge is 0.309 e. The molecule has 190 valence electrons. The average Bonchev–Trinajstić information content (AvgIpc) is 3.57. The summed E-state index contributed by atoms with van der Waals surface area (Å²) in [6, 6.07) is 43.5. The van der Waals surface area contributed by atoms with Gasteiger partial charge in [-0.3, -0.25) is 0 Å². The second-order valence-electron chi connectivity index (χ2n) is 9.81. The first-order valence-electron chi connectivity index (χ1n) is 13.1. The number of imidazole rings is 1. The SMILES string of the molecule is O=P(c1ccccc1)(c1ccccc1)c1ccc2c(c1)oc1nc3c4ccccc4c(-c4ccccc4)nc3n12. The molecule has 0 N–H and O–H groups in total. The molecule has 0 radical (unpaired) electrons. The third kappa shape index (κ3) is 3.32. The molecule has 40 heavy (non-hydrogen) atoms. The zero-order chi connectivity index (χ0) is 26.7. The molecule has 0 unspecified atom stereocenters. The standard InChI is InChI=1S/C34H22N3O2P/c38-40(24-14-6-2-7-15-24,25-16-8-3-9-17-25)26-20-21-29-30(22-26)39-34-36-32-28-19-11-10-18-27(28)31(35-33(32)37(29)34)23-12-4-1-5-13-23/h1-22H. The van der Waals surface area contributed by atoms with Crippen molar-refractivity contribution in [2.24, 2.45) is 0 Å². The summed E-state index contributed by atoms with van der Waals surface area (Å²) in [5.41, 5.74) is 4.90. The van der Waals surface area contributed by atoms with Crippen LogP contribution in [0.15, 0.2) is 138 Å². The lowest BCUT2D eigenvalue weighted by Gasteiger charge is -2.19. The van der Waals surface area contributed by atoms with Crippen LogP contribution in [-0.4, -0.2) is 14.4 Å². The van der Waals surface area contributed by atoms with Gasteiger partial charge in [0.25, 0.3) is 0 Å². The van der Waals surface area contributed by atoms with Gasteiger partial charge in [0, 0.05) is 32.2 Å². The molecule has 0 fully saturated rings. The third-order valence-corrected chi connectivity index (χ3v) is 10.6. The van der Waals surface area contributed by atoms with E-state index in [1.807, 2.05) is 114 Å². The second-order valence-corrected chi connectivity index (χ2v) is 12.6. The highest BCUT2D eigenvalue weighted by Crippen LogP contribution is 2.43. The molecule has 0 amide bonds. The van der Waals surface area contributed by atoms with Crippen LogP contribution in [0.2, 0.25) is 0 Å². The van der Waals surface area contributed by atoms with Crippen molar-refractivity contribution < 1.29 is 8.98 Å². The van der Waals surface area contributed by atoms with Crippen molar-refractivity contribution in [1.82, 2.24) is 14.4 Å². The molecule has 0 atom stereocenters. The van der Waals surface area contributed by atoms with Crippen LogP contribution in [-0.2, 0) is 4.57 Å².